The van der Waals surface area contributed by atoms with Gasteiger partial charge in [-0.15, -0.1) is 5.10 Å². The molecule has 2 amide bonds. The molecule has 6 N–H and O–H groups in total. The van der Waals surface area contributed by atoms with Crippen molar-refractivity contribution in [2.75, 3.05) is 86.2 Å². The Bertz CT molecular complexity index is 2770. The van der Waals surface area contributed by atoms with Gasteiger partial charge in [-0.2, -0.15) is 0 Å². The quantitative estimate of drug-likeness (QED) is 0.0140. The molecule has 17 nitrogen and oxygen atoms in total. The fourth-order valence-electron chi connectivity index (χ4n) is 15.9. The van der Waals surface area contributed by atoms with Crippen LogP contribution in [0, 0.1) is 52.3 Å². The van der Waals surface area contributed by atoms with Gasteiger partial charge in [-0.25, -0.2) is 0 Å². The number of allylic oxidation sites excluding steroid dienone is 3. The van der Waals surface area contributed by atoms with E-state index < -0.39 is 17.5 Å². The highest BCUT2D eigenvalue weighted by molar-refractivity contribution is 6.13. The monoisotopic (exact) mass is 1210 g/mol. The van der Waals surface area contributed by atoms with E-state index in [-0.39, 0.29) is 54.1 Å². The van der Waals surface area contributed by atoms with Crippen molar-refractivity contribution in [2.45, 2.75) is 163 Å². The van der Waals surface area contributed by atoms with Gasteiger partial charge in [0, 0.05) is 90.4 Å². The van der Waals surface area contributed by atoms with Gasteiger partial charge in [-0.05, 0) is 191 Å². The maximum absolute atomic E-state index is 13.6. The van der Waals surface area contributed by atoms with Crippen LogP contribution < -0.4 is 30.7 Å². The average molecular weight is 1210 g/mol. The number of aryl methyl sites for hydroxylation is 1. The number of fused-ring (bicyclic) bond motifs is 5. The van der Waals surface area contributed by atoms with E-state index in [0.717, 1.165) is 107 Å². The first-order valence-electron chi connectivity index (χ1n) is 33.6. The van der Waals surface area contributed by atoms with Crippen molar-refractivity contribution in [1.82, 2.24) is 46.1 Å². The third-order valence-corrected chi connectivity index (χ3v) is 21.0. The average Bonchev–Trinajstić information content (AvgIpc) is 1.46. The van der Waals surface area contributed by atoms with Crippen LogP contribution in [0.4, 0.5) is 0 Å². The number of ketones is 2. The maximum atomic E-state index is 13.6. The van der Waals surface area contributed by atoms with E-state index in [1.165, 1.54) is 109 Å². The Hall–Kier alpha value is -5.88. The summed E-state index contributed by atoms with van der Waals surface area (Å²) >= 11 is 0. The predicted molar refractivity (Wildman–Crippen MR) is 349 cm³/mol. The number of hydrogen-bond donors (Lipinski definition) is 6. The summed E-state index contributed by atoms with van der Waals surface area (Å²) in [5.74, 6) is 3.48. The van der Waals surface area contributed by atoms with E-state index in [4.69, 9.17) is 9.47 Å². The lowest BCUT2D eigenvalue weighted by atomic mass is 9.47. The number of aromatic nitrogens is 3. The topological polar surface area (TPSA) is 213 Å². The second-order valence-corrected chi connectivity index (χ2v) is 27.3. The Morgan fingerprint density at radius 2 is 1.33 bits per heavy atom. The van der Waals surface area contributed by atoms with Crippen LogP contribution in [-0.4, -0.2) is 151 Å². The second kappa shape index (κ2) is 33.3. The van der Waals surface area contributed by atoms with E-state index in [1.54, 1.807) is 52.9 Å². The molecule has 0 radical (unpaired) electrons. The highest BCUT2D eigenvalue weighted by Crippen LogP contribution is 2.67. The number of methoxy groups -OCH3 is 2. The molecule has 1 saturated heterocycles. The third kappa shape index (κ3) is 18.8. The Labute approximate surface area is 525 Å². The largest absolute Gasteiger partial charge is 0.504 e. The summed E-state index contributed by atoms with van der Waals surface area (Å²) in [6.45, 7) is 23.7. The van der Waals surface area contributed by atoms with E-state index in [1.807, 2.05) is 0 Å². The summed E-state index contributed by atoms with van der Waals surface area (Å²) in [7, 11) is 2.86. The molecule has 1 aromatic heterocycles. The maximum Gasteiger partial charge on any atom is 0.220 e. The number of nitrogens with one attached hydrogen (secondary N) is 4. The number of phenolic OH excluding ortho intramolecular Hbond substituents is 2. The number of rotatable bonds is 35. The number of benzene rings is 2. The normalized spacial score (nSPS) is 24.3. The van der Waals surface area contributed by atoms with Crippen molar-refractivity contribution in [3.05, 3.63) is 83.2 Å². The number of piperazine rings is 1. The number of ether oxygens (including phenoxy) is 2. The molecule has 17 heteroatoms. The molecule has 0 bridgehead atoms. The zero-order chi connectivity index (χ0) is 62.6. The molecule has 3 saturated carbocycles. The molecular weight excluding hydrogens is 1110 g/mol. The number of carbonyl (C=O) groups is 4. The number of carbonyl (C=O) groups excluding carboxylic acids is 4. The minimum Gasteiger partial charge on any atom is -0.504 e. The first kappa shape index (κ1) is 68.0. The van der Waals surface area contributed by atoms with Gasteiger partial charge in [0.1, 0.15) is 0 Å². The molecule has 0 unspecified atom stereocenters. The van der Waals surface area contributed by atoms with Crippen LogP contribution in [0.5, 0.6) is 23.0 Å². The molecule has 8 rings (SSSR count). The molecule has 88 heavy (non-hydrogen) atoms. The smallest absolute Gasteiger partial charge is 0.220 e. The summed E-state index contributed by atoms with van der Waals surface area (Å²) < 4.78 is 12.0. The lowest BCUT2D eigenvalue weighted by molar-refractivity contribution is -0.127. The lowest BCUT2D eigenvalue weighted by Crippen LogP contribution is -2.52. The van der Waals surface area contributed by atoms with Crippen LogP contribution in [0.3, 0.4) is 0 Å². The van der Waals surface area contributed by atoms with Gasteiger partial charge in [0.2, 0.25) is 11.8 Å². The molecule has 4 aliphatic carbocycles. The van der Waals surface area contributed by atoms with E-state index in [2.05, 4.69) is 82.1 Å². The van der Waals surface area contributed by atoms with Crippen LogP contribution in [0.1, 0.15) is 161 Å². The molecule has 2 heterocycles. The highest BCUT2D eigenvalue weighted by atomic mass is 16.5. The number of hydrogen-bond acceptors (Lipinski definition) is 14. The van der Waals surface area contributed by atoms with Gasteiger partial charge < -0.3 is 50.8 Å². The zero-order valence-electron chi connectivity index (χ0n) is 54.3. The minimum atomic E-state index is -1.11. The Morgan fingerprint density at radius 1 is 0.705 bits per heavy atom. The number of phenols is 2. The lowest BCUT2D eigenvalue weighted by Gasteiger charge is -2.58. The highest BCUT2D eigenvalue weighted by Gasteiger charge is 2.59. The van der Waals surface area contributed by atoms with Crippen LogP contribution in [0.15, 0.2) is 66.4 Å². The first-order valence-corrected chi connectivity index (χ1v) is 33.6. The SMILES string of the molecule is COc1cc(/C=C/C(=O)C(Cc2cn(CCCCNC(=O)CCC(=O)NCCCN3CCN(CCCNCCN[C@H]4CC[C@@]5(C)C(=CC[C@H]6[C@@H]7CC[C@H]([C@H](C)CCCC(C)C)[C@@]7(C)CC[C@@H]65)C4)CC3)nn2)C(=O)/C=C/c2ccc(O)c(OC)c2)ccc1O. The summed E-state index contributed by atoms with van der Waals surface area (Å²) in [5.41, 5.74) is 4.41. The first-order chi connectivity index (χ1) is 42.5. The van der Waals surface area contributed by atoms with E-state index in [9.17, 15) is 29.4 Å². The second-order valence-electron chi connectivity index (χ2n) is 27.3. The minimum absolute atomic E-state index is 0.00121. The molecule has 5 aliphatic rings. The summed E-state index contributed by atoms with van der Waals surface area (Å²) in [5, 5.41) is 42.0. The van der Waals surface area contributed by atoms with E-state index in [0.29, 0.717) is 66.2 Å². The van der Waals surface area contributed by atoms with Gasteiger partial charge >= 0.3 is 0 Å². The Kier molecular flexibility index (Phi) is 25.7. The van der Waals surface area contributed by atoms with Gasteiger partial charge in [0.25, 0.3) is 0 Å². The van der Waals surface area contributed by atoms with Crippen LogP contribution in [-0.2, 0) is 32.1 Å². The van der Waals surface area contributed by atoms with Crippen LogP contribution in [0.25, 0.3) is 12.2 Å². The van der Waals surface area contributed by atoms with Gasteiger partial charge in [-0.3, -0.25) is 23.9 Å². The van der Waals surface area contributed by atoms with Gasteiger partial charge in [0.05, 0.1) is 25.8 Å². The van der Waals surface area contributed by atoms with Crippen molar-refractivity contribution in [1.29, 1.82) is 0 Å². The molecule has 4 fully saturated rings. The standard InChI is InChI=1S/C71H107N9O8/c1-50(2)13-10-14-51(3)59-21-22-60-57-20-19-54-47-55(29-31-70(54,4)61(57)30-32-71(59,60)5)73-37-36-72-33-11-38-78-41-43-79(44-42-78)39-12-35-75-69(86)28-27-68(85)74-34-8-9-40-80-49-56(76-77-80)48-58(62(81)23-15-52-17-25-64(83)66(45-52)87-6)63(82)24-16-53-18-26-65(84)67(46-53)88-7/h15-19,23-26,45-46,49-51,55,57-61,72-73,83-84H,8-14,20-22,27-44,47-48H2,1-7H3,(H,74,85)(H,75,86)/b23-15+,24-16+/t51-,55+,57+,59-,60+,61+,70+,71-/m1/s1. The molecule has 8 atom stereocenters. The van der Waals surface area contributed by atoms with Gasteiger partial charge in [0.15, 0.2) is 34.6 Å². The molecule has 1 aliphatic heterocycles. The number of nitrogens with zero attached hydrogens (tertiary/aromatic N) is 5. The fourth-order valence-corrected chi connectivity index (χ4v) is 15.9. The summed E-state index contributed by atoms with van der Waals surface area (Å²) in [6.07, 6.45) is 29.2. The number of unbranched alkanes of at least 4 members (excludes halogenated alkanes) is 1. The van der Waals surface area contributed by atoms with Crippen molar-refractivity contribution in [2.24, 2.45) is 52.3 Å². The summed E-state index contributed by atoms with van der Waals surface area (Å²) in [6, 6.07) is 9.94. The van der Waals surface area contributed by atoms with Crippen molar-refractivity contribution >= 4 is 35.5 Å². The number of amides is 2. The zero-order valence-corrected chi connectivity index (χ0v) is 54.3. The molecule has 484 valence electrons. The fraction of sp³-hybridized carbons (Fsp3) is 0.662. The van der Waals surface area contributed by atoms with Crippen LogP contribution >= 0.6 is 0 Å². The third-order valence-electron chi connectivity index (χ3n) is 21.0. The van der Waals surface area contributed by atoms with Crippen LogP contribution in [0.2, 0.25) is 0 Å². The molecular formula is C71H107N9O8. The Morgan fingerprint density at radius 3 is 1.95 bits per heavy atom. The molecule has 3 aromatic rings. The van der Waals surface area contributed by atoms with Crippen molar-refractivity contribution in [3.63, 3.8) is 0 Å². The van der Waals surface area contributed by atoms with Gasteiger partial charge in [-0.1, -0.05) is 95.0 Å². The Balaban J connectivity index is 0.629. The molecule has 0 spiro atoms. The molecule has 2 aromatic carbocycles. The summed E-state index contributed by atoms with van der Waals surface area (Å²) in [4.78, 5) is 57.5. The predicted octanol–water partition coefficient (Wildman–Crippen LogP) is 10.2. The van der Waals surface area contributed by atoms with Crippen molar-refractivity contribution in [3.8, 4) is 23.0 Å². The number of aromatic hydroxyl groups is 2. The van der Waals surface area contributed by atoms with E-state index >= 15 is 0 Å². The van der Waals surface area contributed by atoms with Crippen molar-refractivity contribution < 1.29 is 38.9 Å².